The smallest absolute Gasteiger partial charge is 0.131 e. The molecule has 0 unspecified atom stereocenters. The number of benzene rings is 1. The van der Waals surface area contributed by atoms with Gasteiger partial charge in [-0.3, -0.25) is 0 Å². The lowest BCUT2D eigenvalue weighted by Crippen LogP contribution is -2.20. The van der Waals surface area contributed by atoms with Crippen LogP contribution in [0.5, 0.6) is 5.75 Å². The molecule has 0 aliphatic heterocycles. The third kappa shape index (κ3) is 3.75. The van der Waals surface area contributed by atoms with E-state index >= 15 is 0 Å². The number of para-hydroxylation sites is 1. The second-order valence-corrected chi connectivity index (χ2v) is 4.29. The Bertz CT molecular complexity index is 400. The van der Waals surface area contributed by atoms with Crippen molar-refractivity contribution in [2.24, 2.45) is 5.16 Å². The summed E-state index contributed by atoms with van der Waals surface area (Å²) in [5.74, 6) is 0.796. The standard InChI is InChI=1S/C13H20N2O2/c1-10-6-5-7-12(11(2)14-16)13(10)17-9-8-15(3)4/h5-7,16H,8-9H2,1-4H3/b14-11+. The van der Waals surface area contributed by atoms with Crippen LogP contribution in [-0.4, -0.2) is 43.1 Å². The third-order valence-corrected chi connectivity index (χ3v) is 2.54. The lowest BCUT2D eigenvalue weighted by molar-refractivity contribution is 0.259. The van der Waals surface area contributed by atoms with Gasteiger partial charge in [0.2, 0.25) is 0 Å². The fraction of sp³-hybridized carbons (Fsp3) is 0.462. The van der Waals surface area contributed by atoms with Crippen LogP contribution < -0.4 is 4.74 Å². The number of likely N-dealkylation sites (N-methyl/N-ethyl adjacent to an activating group) is 1. The van der Waals surface area contributed by atoms with Crippen LogP contribution in [0.3, 0.4) is 0 Å². The molecule has 17 heavy (non-hydrogen) atoms. The van der Waals surface area contributed by atoms with E-state index in [2.05, 4.69) is 10.1 Å². The topological polar surface area (TPSA) is 45.1 Å². The van der Waals surface area contributed by atoms with Gasteiger partial charge in [0.1, 0.15) is 12.4 Å². The van der Waals surface area contributed by atoms with Gasteiger partial charge >= 0.3 is 0 Å². The number of oxime groups is 1. The highest BCUT2D eigenvalue weighted by molar-refractivity contribution is 6.01. The highest BCUT2D eigenvalue weighted by atomic mass is 16.5. The maximum absolute atomic E-state index is 8.84. The van der Waals surface area contributed by atoms with Crippen LogP contribution in [0.25, 0.3) is 0 Å². The summed E-state index contributed by atoms with van der Waals surface area (Å²) >= 11 is 0. The summed E-state index contributed by atoms with van der Waals surface area (Å²) in [5, 5.41) is 12.1. The van der Waals surface area contributed by atoms with E-state index in [0.29, 0.717) is 12.3 Å². The fourth-order valence-electron chi connectivity index (χ4n) is 1.51. The molecule has 1 rings (SSSR count). The summed E-state index contributed by atoms with van der Waals surface area (Å²) in [6, 6.07) is 5.81. The summed E-state index contributed by atoms with van der Waals surface area (Å²) in [4.78, 5) is 2.06. The molecule has 0 radical (unpaired) electrons. The highest BCUT2D eigenvalue weighted by Gasteiger charge is 2.09. The molecule has 1 aromatic rings. The first-order valence-corrected chi connectivity index (χ1v) is 5.62. The Balaban J connectivity index is 2.88. The Hall–Kier alpha value is -1.55. The number of ether oxygens (including phenoxy) is 1. The Morgan fingerprint density at radius 2 is 2.12 bits per heavy atom. The zero-order valence-corrected chi connectivity index (χ0v) is 10.9. The molecule has 0 heterocycles. The maximum Gasteiger partial charge on any atom is 0.131 e. The van der Waals surface area contributed by atoms with Gasteiger partial charge in [-0.05, 0) is 39.6 Å². The van der Waals surface area contributed by atoms with E-state index in [0.717, 1.165) is 23.4 Å². The van der Waals surface area contributed by atoms with Crippen LogP contribution >= 0.6 is 0 Å². The molecular formula is C13H20N2O2. The molecule has 0 aliphatic rings. The van der Waals surface area contributed by atoms with Crippen LogP contribution in [0.2, 0.25) is 0 Å². The predicted molar refractivity (Wildman–Crippen MR) is 69.2 cm³/mol. The van der Waals surface area contributed by atoms with Gasteiger partial charge in [0.25, 0.3) is 0 Å². The van der Waals surface area contributed by atoms with Crippen molar-refractivity contribution >= 4 is 5.71 Å². The Morgan fingerprint density at radius 1 is 1.41 bits per heavy atom. The first-order chi connectivity index (χ1) is 8.06. The van der Waals surface area contributed by atoms with E-state index < -0.39 is 0 Å². The van der Waals surface area contributed by atoms with E-state index in [1.54, 1.807) is 6.92 Å². The number of hydrogen-bond donors (Lipinski definition) is 1. The van der Waals surface area contributed by atoms with Gasteiger partial charge in [0, 0.05) is 12.1 Å². The van der Waals surface area contributed by atoms with Crippen molar-refractivity contribution in [1.29, 1.82) is 0 Å². The van der Waals surface area contributed by atoms with Gasteiger partial charge in [-0.1, -0.05) is 17.3 Å². The first kappa shape index (κ1) is 13.5. The number of rotatable bonds is 5. The molecule has 1 aromatic carbocycles. The molecule has 0 saturated heterocycles. The molecule has 0 atom stereocenters. The van der Waals surface area contributed by atoms with Crippen molar-refractivity contribution < 1.29 is 9.94 Å². The largest absolute Gasteiger partial charge is 0.491 e. The summed E-state index contributed by atoms with van der Waals surface area (Å²) < 4.78 is 5.77. The molecule has 4 nitrogen and oxygen atoms in total. The minimum Gasteiger partial charge on any atom is -0.491 e. The summed E-state index contributed by atoms with van der Waals surface area (Å²) in [6.07, 6.45) is 0. The van der Waals surface area contributed by atoms with Gasteiger partial charge in [-0.25, -0.2) is 0 Å². The second kappa shape index (κ2) is 6.25. The zero-order valence-electron chi connectivity index (χ0n) is 10.9. The van der Waals surface area contributed by atoms with E-state index in [1.807, 2.05) is 39.2 Å². The van der Waals surface area contributed by atoms with Gasteiger partial charge in [-0.2, -0.15) is 0 Å². The molecule has 94 valence electrons. The summed E-state index contributed by atoms with van der Waals surface area (Å²) in [5.41, 5.74) is 2.45. The monoisotopic (exact) mass is 236 g/mol. The molecule has 4 heteroatoms. The molecule has 0 fully saturated rings. The van der Waals surface area contributed by atoms with Gasteiger partial charge < -0.3 is 14.8 Å². The molecule has 0 aromatic heterocycles. The highest BCUT2D eigenvalue weighted by Crippen LogP contribution is 2.24. The van der Waals surface area contributed by atoms with Crippen molar-refractivity contribution in [1.82, 2.24) is 4.90 Å². The Morgan fingerprint density at radius 3 is 2.71 bits per heavy atom. The molecule has 0 spiro atoms. The second-order valence-electron chi connectivity index (χ2n) is 4.29. The SMILES string of the molecule is C/C(=N\O)c1cccc(C)c1OCCN(C)C. The number of aryl methyl sites for hydroxylation is 1. The fourth-order valence-corrected chi connectivity index (χ4v) is 1.51. The molecule has 0 amide bonds. The Labute approximate surface area is 103 Å². The molecule has 0 aliphatic carbocycles. The maximum atomic E-state index is 8.84. The number of hydrogen-bond acceptors (Lipinski definition) is 4. The van der Waals surface area contributed by atoms with Crippen LogP contribution in [-0.2, 0) is 0 Å². The van der Waals surface area contributed by atoms with Crippen molar-refractivity contribution in [2.45, 2.75) is 13.8 Å². The van der Waals surface area contributed by atoms with Crippen molar-refractivity contribution in [3.8, 4) is 5.75 Å². The van der Waals surface area contributed by atoms with Crippen molar-refractivity contribution in [2.75, 3.05) is 27.2 Å². The van der Waals surface area contributed by atoms with E-state index in [4.69, 9.17) is 9.94 Å². The summed E-state index contributed by atoms with van der Waals surface area (Å²) in [6.45, 7) is 5.21. The normalized spacial score (nSPS) is 11.9. The van der Waals surface area contributed by atoms with Crippen LogP contribution in [0.15, 0.2) is 23.4 Å². The molecule has 0 bridgehead atoms. The van der Waals surface area contributed by atoms with E-state index in [-0.39, 0.29) is 0 Å². The lowest BCUT2D eigenvalue weighted by Gasteiger charge is -2.15. The van der Waals surface area contributed by atoms with Crippen LogP contribution in [0.1, 0.15) is 18.1 Å². The quantitative estimate of drug-likeness (QED) is 0.484. The third-order valence-electron chi connectivity index (χ3n) is 2.54. The van der Waals surface area contributed by atoms with Crippen LogP contribution in [0, 0.1) is 6.92 Å². The minimum absolute atomic E-state index is 0.563. The van der Waals surface area contributed by atoms with Gasteiger partial charge in [0.05, 0.1) is 5.71 Å². The number of nitrogens with zero attached hydrogens (tertiary/aromatic N) is 2. The van der Waals surface area contributed by atoms with E-state index in [9.17, 15) is 0 Å². The van der Waals surface area contributed by atoms with E-state index in [1.165, 1.54) is 0 Å². The first-order valence-electron chi connectivity index (χ1n) is 5.62. The average Bonchev–Trinajstić information content (AvgIpc) is 2.29. The van der Waals surface area contributed by atoms with Crippen LogP contribution in [0.4, 0.5) is 0 Å². The Kier molecular flexibility index (Phi) is 4.97. The molecule has 1 N–H and O–H groups in total. The minimum atomic E-state index is 0.563. The lowest BCUT2D eigenvalue weighted by atomic mass is 10.1. The molecular weight excluding hydrogens is 216 g/mol. The van der Waals surface area contributed by atoms with Gasteiger partial charge in [0.15, 0.2) is 0 Å². The average molecular weight is 236 g/mol. The van der Waals surface area contributed by atoms with Gasteiger partial charge in [-0.15, -0.1) is 0 Å². The predicted octanol–water partition coefficient (Wildman–Crippen LogP) is 2.13. The van der Waals surface area contributed by atoms with Crippen molar-refractivity contribution in [3.05, 3.63) is 29.3 Å². The molecule has 0 saturated carbocycles. The zero-order chi connectivity index (χ0) is 12.8. The van der Waals surface area contributed by atoms with Crippen molar-refractivity contribution in [3.63, 3.8) is 0 Å². The summed E-state index contributed by atoms with van der Waals surface area (Å²) in [7, 11) is 4.01.